The number of carbonyl (C=O) groups excluding carboxylic acids is 1. The maximum absolute atomic E-state index is 12.6. The van der Waals surface area contributed by atoms with Gasteiger partial charge in [-0.15, -0.1) is 0 Å². The second-order valence-corrected chi connectivity index (χ2v) is 9.98. The van der Waals surface area contributed by atoms with E-state index in [4.69, 9.17) is 34.7 Å². The second kappa shape index (κ2) is 13.3. The molecule has 1 N–H and O–H groups in total. The number of ether oxygens (including phenoxy) is 2. The summed E-state index contributed by atoms with van der Waals surface area (Å²) in [7, 11) is 3.15. The molecule has 5 aromatic rings. The summed E-state index contributed by atoms with van der Waals surface area (Å²) in [5, 5.41) is 26.8. The van der Waals surface area contributed by atoms with E-state index in [1.807, 2.05) is 32.9 Å². The Bertz CT molecular complexity index is 1880. The van der Waals surface area contributed by atoms with Crippen LogP contribution in [0.1, 0.15) is 90.7 Å². The summed E-state index contributed by atoms with van der Waals surface area (Å²) in [5.41, 5.74) is 6.35. The zero-order valence-corrected chi connectivity index (χ0v) is 24.8. The minimum atomic E-state index is -1.04. The van der Waals surface area contributed by atoms with Crippen molar-refractivity contribution in [3.05, 3.63) is 88.0 Å². The van der Waals surface area contributed by atoms with Gasteiger partial charge in [0.15, 0.2) is 11.3 Å². The van der Waals surface area contributed by atoms with Crippen LogP contribution in [0.25, 0.3) is 11.3 Å². The molecule has 0 aliphatic rings. The number of carboxylic acid groups (broad SMARTS) is 1. The van der Waals surface area contributed by atoms with Gasteiger partial charge in [-0.2, -0.15) is 15.5 Å². The maximum atomic E-state index is 12.6. The molecule has 0 radical (unpaired) electrons. The highest BCUT2D eigenvalue weighted by molar-refractivity contribution is 5.89. The number of aromatic carboxylic acids is 1. The molecule has 13 heteroatoms. The number of pyridine rings is 1. The number of hydrogen-bond donors (Lipinski definition) is 1. The normalized spacial score (nSPS) is 13.3. The van der Waals surface area contributed by atoms with Crippen LogP contribution < -0.4 is 0 Å². The summed E-state index contributed by atoms with van der Waals surface area (Å²) >= 11 is 0. The van der Waals surface area contributed by atoms with Crippen LogP contribution in [0.4, 0.5) is 0 Å². The van der Waals surface area contributed by atoms with E-state index in [9.17, 15) is 9.59 Å². The van der Waals surface area contributed by atoms with Gasteiger partial charge in [-0.25, -0.2) is 23.8 Å². The summed E-state index contributed by atoms with van der Waals surface area (Å²) in [4.78, 5) is 36.2. The van der Waals surface area contributed by atoms with Crippen LogP contribution in [-0.2, 0) is 27.1 Å². The lowest BCUT2D eigenvalue weighted by Gasteiger charge is -2.16. The first kappa shape index (κ1) is 24.5. The van der Waals surface area contributed by atoms with Crippen molar-refractivity contribution in [2.45, 2.75) is 52.7 Å². The molecule has 43 heavy (non-hydrogen) atoms. The van der Waals surface area contributed by atoms with Gasteiger partial charge in [0.2, 0.25) is 0 Å². The lowest BCUT2D eigenvalue weighted by molar-refractivity contribution is -0.117. The molecule has 0 aromatic carbocycles. The van der Waals surface area contributed by atoms with Crippen LogP contribution in [0.3, 0.4) is 0 Å². The van der Waals surface area contributed by atoms with Crippen LogP contribution in [-0.4, -0.2) is 65.3 Å². The number of ketones is 1. The molecule has 0 aliphatic heterocycles. The van der Waals surface area contributed by atoms with Crippen LogP contribution in [0.15, 0.2) is 43.0 Å². The highest BCUT2D eigenvalue weighted by Crippen LogP contribution is 2.23. The molecule has 0 saturated carbocycles. The number of methoxy groups -OCH3 is 2. The molecule has 0 spiro atoms. The molecule has 0 saturated heterocycles. The van der Waals surface area contributed by atoms with E-state index in [-0.39, 0.29) is 36.4 Å². The molecule has 5 heterocycles. The summed E-state index contributed by atoms with van der Waals surface area (Å²) in [6.45, 7) is 7.42. The lowest BCUT2D eigenvalue weighted by atomic mass is 10.0. The van der Waals surface area contributed by atoms with Crippen molar-refractivity contribution >= 4 is 23.0 Å². The minimum Gasteiger partial charge on any atom is -0.478 e. The van der Waals surface area contributed by atoms with Gasteiger partial charge in [0.1, 0.15) is 17.4 Å². The fourth-order valence-corrected chi connectivity index (χ4v) is 4.66. The maximum Gasteiger partial charge on any atom is 0.339 e. The van der Waals surface area contributed by atoms with Crippen molar-refractivity contribution in [3.63, 3.8) is 0 Å². The Morgan fingerprint density at radius 1 is 0.930 bits per heavy atom. The summed E-state index contributed by atoms with van der Waals surface area (Å²) in [6, 6.07) is 7.39. The Morgan fingerprint density at radius 2 is 1.51 bits per heavy atom. The summed E-state index contributed by atoms with van der Waals surface area (Å²) in [6.07, 6.45) is 5.95. The molecule has 0 amide bonds. The van der Waals surface area contributed by atoms with Crippen molar-refractivity contribution < 1.29 is 39.0 Å². The number of rotatable bonds is 9. The van der Waals surface area contributed by atoms with Crippen LogP contribution >= 0.6 is 0 Å². The van der Waals surface area contributed by atoms with Crippen molar-refractivity contribution in [1.29, 1.82) is 5.26 Å². The smallest absolute Gasteiger partial charge is 0.339 e. The van der Waals surface area contributed by atoms with Gasteiger partial charge in [0.05, 0.1) is 40.5 Å². The average Bonchev–Trinajstić information content (AvgIpc) is 3.78. The predicted molar refractivity (Wildman–Crippen MR) is 165 cm³/mol. The first-order valence-electron chi connectivity index (χ1n) is 18.4. The molecule has 232 valence electrons. The summed E-state index contributed by atoms with van der Waals surface area (Å²) in [5.74, 6) is -1.03. The van der Waals surface area contributed by atoms with Gasteiger partial charge in [0.25, 0.3) is 0 Å². The van der Waals surface area contributed by atoms with Gasteiger partial charge in [-0.1, -0.05) is 0 Å². The van der Waals surface area contributed by atoms with Crippen molar-refractivity contribution in [1.82, 2.24) is 34.2 Å². The fraction of sp³-hybridized carbons (Fsp3) is 0.333. The first-order valence-corrected chi connectivity index (χ1v) is 13.4. The Kier molecular flexibility index (Phi) is 7.58. The molecular weight excluding hydrogens is 552 g/mol. The number of fused-ring (bicyclic) bond motifs is 2. The molecule has 5 rings (SSSR count). The number of aromatic nitrogens is 7. The van der Waals surface area contributed by atoms with Crippen molar-refractivity contribution in [2.24, 2.45) is 0 Å². The largest absolute Gasteiger partial charge is 0.478 e. The SMILES string of the molecule is CO[C@@H](C)c1c(C(=O)O)cnc2cc(C)nn12.CO[C@@H](C)c1c(CC(=O)Cc2cncc(C#N)c2)cnc2cc(C)nn12.[2H][2H].[2H][2H].[2H][2H].[2H][2H].[2H][2H]. The van der Waals surface area contributed by atoms with Gasteiger partial charge in [-0.05, 0) is 39.3 Å². The zero-order valence-electron chi connectivity index (χ0n) is 34.8. The van der Waals surface area contributed by atoms with Gasteiger partial charge in [-0.3, -0.25) is 9.78 Å². The Balaban J connectivity index is 0. The highest BCUT2D eigenvalue weighted by atomic mass is 16.5. The van der Waals surface area contributed by atoms with Crippen LogP contribution in [0.2, 0.25) is 0 Å². The zero-order chi connectivity index (χ0) is 41.3. The Hall–Kier alpha value is -5.06. The number of nitrogens with zero attached hydrogens (tertiary/aromatic N) is 8. The topological polar surface area (TPSA) is 170 Å². The van der Waals surface area contributed by atoms with E-state index in [1.165, 1.54) is 24.0 Å². The molecule has 5 aromatic heterocycles. The third kappa shape index (κ3) is 6.88. The van der Waals surface area contributed by atoms with Crippen LogP contribution in [0.5, 0.6) is 0 Å². The van der Waals surface area contributed by atoms with Crippen LogP contribution in [0, 0.1) is 25.2 Å². The van der Waals surface area contributed by atoms with E-state index in [1.54, 1.807) is 43.1 Å². The number of carbonyl (C=O) groups is 2. The van der Waals surface area contributed by atoms with E-state index in [0.29, 0.717) is 16.9 Å². The Labute approximate surface area is 263 Å². The molecular formula is C30H42N8O5. The second-order valence-electron chi connectivity index (χ2n) is 9.98. The standard InChI is InChI=1S/C19H19N5O2.C11H13N3O3.5H2/c1-12-4-18-22-11-16(19(13(2)26-3)24(18)23-12)7-17(25)6-14-5-15(8-20)10-21-9-14;1-6-4-9-12-5-8(11(15)16)10(7(2)17-3)14(9)13-6;;;;;/h4-5,9-11,13H,6-7H2,1-3H3;4-5,7H,1-3H3,(H,15,16);5*1H/t13-;7-;;;;;/m00...../s1/i;;5*1+1D. The number of Topliss-reactive ketones (excluding diaryl/α,β-unsaturated/α-hetero) is 1. The van der Waals surface area contributed by atoms with Gasteiger partial charge in [0, 0.05) is 84.4 Å². The molecule has 0 unspecified atom stereocenters. The first-order chi connectivity index (χ1) is 25.6. The molecule has 0 aliphatic carbocycles. The number of hydrogen-bond acceptors (Lipinski definition) is 10. The number of nitriles is 1. The third-order valence-corrected chi connectivity index (χ3v) is 6.79. The van der Waals surface area contributed by atoms with Gasteiger partial charge < -0.3 is 14.6 Å². The van der Waals surface area contributed by atoms with E-state index < -0.39 is 5.97 Å². The van der Waals surface area contributed by atoms with Crippen molar-refractivity contribution in [3.8, 4) is 6.07 Å². The summed E-state index contributed by atoms with van der Waals surface area (Å²) < 4.78 is 63.9. The molecule has 0 fully saturated rings. The fourth-order valence-electron chi connectivity index (χ4n) is 4.66. The minimum absolute atomic E-state index is 0.0106. The number of aryl methyl sites for hydroxylation is 2. The quantitative estimate of drug-likeness (QED) is 0.239. The highest BCUT2D eigenvalue weighted by Gasteiger charge is 2.21. The average molecular weight is 605 g/mol. The molecule has 0 bridgehead atoms. The third-order valence-electron chi connectivity index (χ3n) is 6.79. The predicted octanol–water partition coefficient (Wildman–Crippen LogP) is 5.04. The van der Waals surface area contributed by atoms with Gasteiger partial charge >= 0.3 is 5.97 Å². The lowest BCUT2D eigenvalue weighted by Crippen LogP contribution is -2.15. The monoisotopic (exact) mass is 604 g/mol. The van der Waals surface area contributed by atoms with E-state index >= 15 is 0 Å². The molecule has 2 atom stereocenters. The molecule has 13 nitrogen and oxygen atoms in total. The number of carboxylic acids is 1. The van der Waals surface area contributed by atoms with E-state index in [0.717, 1.165) is 33.9 Å². The Morgan fingerprint density at radius 3 is 2.09 bits per heavy atom. The van der Waals surface area contributed by atoms with E-state index in [2.05, 4.69) is 25.1 Å². The van der Waals surface area contributed by atoms with Crippen molar-refractivity contribution in [2.75, 3.05) is 14.2 Å².